The van der Waals surface area contributed by atoms with Crippen LogP contribution in [0.3, 0.4) is 0 Å². The lowest BCUT2D eigenvalue weighted by Gasteiger charge is -2.14. The molecule has 0 amide bonds. The van der Waals surface area contributed by atoms with Crippen molar-refractivity contribution < 1.29 is 21.6 Å². The van der Waals surface area contributed by atoms with Gasteiger partial charge in [0.1, 0.15) is 0 Å². The van der Waals surface area contributed by atoms with Crippen LogP contribution in [0.5, 0.6) is 0 Å². The standard InChI is InChI=1S/C11H15F3N2O2S/c1-2-15-7-8-19(17,18)16-10-6-4-3-5-9(10)11(12,13)14/h3-6,15-16H,2,7-8H2,1H3. The zero-order valence-electron chi connectivity index (χ0n) is 10.3. The Balaban J connectivity index is 2.88. The monoisotopic (exact) mass is 296 g/mol. The molecule has 1 rings (SSSR count). The zero-order valence-corrected chi connectivity index (χ0v) is 11.1. The zero-order chi connectivity index (χ0) is 14.5. The summed E-state index contributed by atoms with van der Waals surface area (Å²) in [5, 5.41) is 2.79. The van der Waals surface area contributed by atoms with Gasteiger partial charge in [0, 0.05) is 6.54 Å². The van der Waals surface area contributed by atoms with Crippen LogP contribution < -0.4 is 10.0 Å². The van der Waals surface area contributed by atoms with Crippen molar-refractivity contribution >= 4 is 15.7 Å². The molecule has 108 valence electrons. The average Bonchev–Trinajstić information content (AvgIpc) is 2.27. The van der Waals surface area contributed by atoms with Crippen LogP contribution in [0.2, 0.25) is 0 Å². The lowest BCUT2D eigenvalue weighted by Crippen LogP contribution is -2.27. The van der Waals surface area contributed by atoms with Gasteiger partial charge in [0.05, 0.1) is 17.0 Å². The molecule has 8 heteroatoms. The number of sulfonamides is 1. The summed E-state index contributed by atoms with van der Waals surface area (Å²) in [6, 6.07) is 4.48. The Morgan fingerprint density at radius 2 is 1.84 bits per heavy atom. The summed E-state index contributed by atoms with van der Waals surface area (Å²) in [5.74, 6) is -0.285. The first kappa shape index (κ1) is 15.8. The Bertz CT molecular complexity index is 515. The molecule has 0 atom stereocenters. The van der Waals surface area contributed by atoms with Crippen molar-refractivity contribution in [3.63, 3.8) is 0 Å². The second-order valence-electron chi connectivity index (χ2n) is 3.82. The summed E-state index contributed by atoms with van der Waals surface area (Å²) in [6.07, 6.45) is -4.60. The third kappa shape index (κ3) is 5.07. The third-order valence-electron chi connectivity index (χ3n) is 2.30. The Morgan fingerprint density at radius 3 is 2.42 bits per heavy atom. The second kappa shape index (κ2) is 6.25. The molecular weight excluding hydrogens is 281 g/mol. The Labute approximate surface area is 110 Å². The molecule has 0 fully saturated rings. The van der Waals surface area contributed by atoms with E-state index >= 15 is 0 Å². The van der Waals surface area contributed by atoms with Gasteiger partial charge in [-0.3, -0.25) is 4.72 Å². The molecule has 0 saturated carbocycles. The van der Waals surface area contributed by atoms with E-state index in [0.717, 1.165) is 12.1 Å². The Kier molecular flexibility index (Phi) is 5.19. The molecule has 0 saturated heterocycles. The number of para-hydroxylation sites is 1. The molecule has 0 unspecified atom stereocenters. The average molecular weight is 296 g/mol. The highest BCUT2D eigenvalue weighted by Gasteiger charge is 2.34. The first-order valence-corrected chi connectivity index (χ1v) is 7.29. The maximum absolute atomic E-state index is 12.7. The summed E-state index contributed by atoms with van der Waals surface area (Å²) in [6.45, 7) is 2.58. The van der Waals surface area contributed by atoms with Gasteiger partial charge in [0.15, 0.2) is 0 Å². The number of hydrogen-bond donors (Lipinski definition) is 2. The van der Waals surface area contributed by atoms with Crippen molar-refractivity contribution in [3.8, 4) is 0 Å². The molecule has 0 heterocycles. The molecule has 1 aromatic rings. The highest BCUT2D eigenvalue weighted by Crippen LogP contribution is 2.34. The van der Waals surface area contributed by atoms with E-state index < -0.39 is 27.5 Å². The predicted octanol–water partition coefficient (Wildman–Crippen LogP) is 2.06. The minimum atomic E-state index is -4.60. The molecule has 1 aromatic carbocycles. The normalized spacial score (nSPS) is 12.4. The molecule has 0 aromatic heterocycles. The molecule has 0 radical (unpaired) electrons. The van der Waals surface area contributed by atoms with E-state index in [0.29, 0.717) is 6.54 Å². The SMILES string of the molecule is CCNCCS(=O)(=O)Nc1ccccc1C(F)(F)F. The second-order valence-corrected chi connectivity index (χ2v) is 5.66. The Hall–Kier alpha value is -1.28. The van der Waals surface area contributed by atoms with Gasteiger partial charge in [0.2, 0.25) is 10.0 Å². The first-order chi connectivity index (χ1) is 8.76. The number of benzene rings is 1. The van der Waals surface area contributed by atoms with Crippen molar-refractivity contribution in [3.05, 3.63) is 29.8 Å². The lowest BCUT2D eigenvalue weighted by atomic mass is 10.2. The maximum Gasteiger partial charge on any atom is 0.418 e. The highest BCUT2D eigenvalue weighted by atomic mass is 32.2. The van der Waals surface area contributed by atoms with Gasteiger partial charge in [-0.2, -0.15) is 13.2 Å². The number of hydrogen-bond acceptors (Lipinski definition) is 3. The van der Waals surface area contributed by atoms with Crippen molar-refractivity contribution in [2.24, 2.45) is 0 Å². The summed E-state index contributed by atoms with van der Waals surface area (Å²) < 4.78 is 63.3. The van der Waals surface area contributed by atoms with Crippen molar-refractivity contribution in [2.75, 3.05) is 23.6 Å². The van der Waals surface area contributed by atoms with Crippen molar-refractivity contribution in [1.29, 1.82) is 0 Å². The van der Waals surface area contributed by atoms with Gasteiger partial charge in [0.25, 0.3) is 0 Å². The number of rotatable bonds is 6. The Morgan fingerprint density at radius 1 is 1.21 bits per heavy atom. The summed E-state index contributed by atoms with van der Waals surface area (Å²) in [5.41, 5.74) is -1.45. The van der Waals surface area contributed by atoms with E-state index in [1.54, 1.807) is 6.92 Å². The minimum Gasteiger partial charge on any atom is -0.316 e. The van der Waals surface area contributed by atoms with E-state index in [4.69, 9.17) is 0 Å². The molecule has 0 aliphatic rings. The van der Waals surface area contributed by atoms with Crippen LogP contribution in [-0.2, 0) is 16.2 Å². The summed E-state index contributed by atoms with van der Waals surface area (Å²) in [7, 11) is -3.80. The number of alkyl halides is 3. The van der Waals surface area contributed by atoms with Gasteiger partial charge >= 0.3 is 6.18 Å². The van der Waals surface area contributed by atoms with Crippen molar-refractivity contribution in [1.82, 2.24) is 5.32 Å². The smallest absolute Gasteiger partial charge is 0.316 e. The maximum atomic E-state index is 12.7. The van der Waals surface area contributed by atoms with E-state index in [-0.39, 0.29) is 12.3 Å². The van der Waals surface area contributed by atoms with Gasteiger partial charge < -0.3 is 5.32 Å². The van der Waals surface area contributed by atoms with Crippen LogP contribution >= 0.6 is 0 Å². The highest BCUT2D eigenvalue weighted by molar-refractivity contribution is 7.92. The van der Waals surface area contributed by atoms with Crippen LogP contribution in [0, 0.1) is 0 Å². The number of halogens is 3. The molecular formula is C11H15F3N2O2S. The van der Waals surface area contributed by atoms with Crippen LogP contribution in [-0.4, -0.2) is 27.3 Å². The quantitative estimate of drug-likeness (QED) is 0.790. The van der Waals surface area contributed by atoms with E-state index in [2.05, 4.69) is 5.32 Å². The molecule has 0 bridgehead atoms. The van der Waals surface area contributed by atoms with Crippen LogP contribution in [0.25, 0.3) is 0 Å². The molecule has 0 aliphatic heterocycles. The van der Waals surface area contributed by atoms with E-state index in [1.807, 2.05) is 4.72 Å². The van der Waals surface area contributed by atoms with Crippen LogP contribution in [0.1, 0.15) is 12.5 Å². The van der Waals surface area contributed by atoms with Gasteiger partial charge in [-0.15, -0.1) is 0 Å². The topological polar surface area (TPSA) is 58.2 Å². The largest absolute Gasteiger partial charge is 0.418 e. The minimum absolute atomic E-state index is 0.181. The van der Waals surface area contributed by atoms with Gasteiger partial charge in [-0.25, -0.2) is 8.42 Å². The fourth-order valence-corrected chi connectivity index (χ4v) is 2.45. The molecule has 4 nitrogen and oxygen atoms in total. The third-order valence-corrected chi connectivity index (χ3v) is 3.57. The predicted molar refractivity (Wildman–Crippen MR) is 67.4 cm³/mol. The van der Waals surface area contributed by atoms with E-state index in [9.17, 15) is 21.6 Å². The van der Waals surface area contributed by atoms with E-state index in [1.165, 1.54) is 12.1 Å². The summed E-state index contributed by atoms with van der Waals surface area (Å²) >= 11 is 0. The molecule has 0 aliphatic carbocycles. The molecule has 19 heavy (non-hydrogen) atoms. The van der Waals surface area contributed by atoms with Crippen molar-refractivity contribution in [2.45, 2.75) is 13.1 Å². The van der Waals surface area contributed by atoms with Gasteiger partial charge in [-0.05, 0) is 18.7 Å². The number of anilines is 1. The van der Waals surface area contributed by atoms with Crippen LogP contribution in [0.4, 0.5) is 18.9 Å². The van der Waals surface area contributed by atoms with Gasteiger partial charge in [-0.1, -0.05) is 19.1 Å². The number of nitrogens with one attached hydrogen (secondary N) is 2. The lowest BCUT2D eigenvalue weighted by molar-refractivity contribution is -0.136. The fraction of sp³-hybridized carbons (Fsp3) is 0.455. The fourth-order valence-electron chi connectivity index (χ4n) is 1.42. The summed E-state index contributed by atoms with van der Waals surface area (Å²) in [4.78, 5) is 0. The first-order valence-electron chi connectivity index (χ1n) is 5.63. The molecule has 0 spiro atoms. The van der Waals surface area contributed by atoms with Crippen LogP contribution in [0.15, 0.2) is 24.3 Å². The molecule has 2 N–H and O–H groups in total.